The van der Waals surface area contributed by atoms with Gasteiger partial charge in [0.1, 0.15) is 5.60 Å². The Labute approximate surface area is 61.6 Å². The molecule has 0 aromatic rings. The van der Waals surface area contributed by atoms with Gasteiger partial charge in [-0.3, -0.25) is 0 Å². The van der Waals surface area contributed by atoms with Crippen molar-refractivity contribution in [1.82, 2.24) is 0 Å². The van der Waals surface area contributed by atoms with Crippen LogP contribution in [0, 0.1) is 0 Å². The lowest BCUT2D eigenvalue weighted by Crippen LogP contribution is -2.43. The van der Waals surface area contributed by atoms with E-state index in [1.54, 1.807) is 0 Å². The number of carbonyl (C=O) groups is 1. The summed E-state index contributed by atoms with van der Waals surface area (Å²) in [6, 6.07) is 0. The second kappa shape index (κ2) is 2.70. The zero-order valence-electron chi connectivity index (χ0n) is 6.59. The van der Waals surface area contributed by atoms with Gasteiger partial charge in [0.15, 0.2) is 6.29 Å². The highest BCUT2D eigenvalue weighted by atomic mass is 16.5. The van der Waals surface area contributed by atoms with Crippen molar-refractivity contribution in [2.45, 2.75) is 44.8 Å². The quantitative estimate of drug-likeness (QED) is 0.558. The molecule has 1 aliphatic carbocycles. The first-order valence-corrected chi connectivity index (χ1v) is 3.83. The van der Waals surface area contributed by atoms with Crippen LogP contribution in [-0.2, 0) is 9.53 Å². The van der Waals surface area contributed by atoms with Crippen molar-refractivity contribution in [1.29, 1.82) is 0 Å². The van der Waals surface area contributed by atoms with Gasteiger partial charge in [0.2, 0.25) is 0 Å². The lowest BCUT2D eigenvalue weighted by Gasteiger charge is -2.37. The number of ether oxygens (including phenoxy) is 1. The summed E-state index contributed by atoms with van der Waals surface area (Å²) in [5.41, 5.74) is -0.395. The Hall–Kier alpha value is -0.370. The second-order valence-electron chi connectivity index (χ2n) is 3.20. The van der Waals surface area contributed by atoms with Crippen molar-refractivity contribution in [3.63, 3.8) is 0 Å². The van der Waals surface area contributed by atoms with E-state index >= 15 is 0 Å². The molecule has 0 bridgehead atoms. The van der Waals surface area contributed by atoms with E-state index in [-0.39, 0.29) is 6.10 Å². The van der Waals surface area contributed by atoms with E-state index in [9.17, 15) is 4.79 Å². The van der Waals surface area contributed by atoms with Crippen LogP contribution in [0.25, 0.3) is 0 Å². The van der Waals surface area contributed by atoms with Gasteiger partial charge in [-0.15, -0.1) is 0 Å². The molecule has 0 radical (unpaired) electrons. The van der Waals surface area contributed by atoms with E-state index in [0.717, 1.165) is 25.5 Å². The van der Waals surface area contributed by atoms with Crippen LogP contribution in [0.1, 0.15) is 33.1 Å². The van der Waals surface area contributed by atoms with Gasteiger partial charge in [0, 0.05) is 0 Å². The van der Waals surface area contributed by atoms with E-state index in [2.05, 4.69) is 0 Å². The van der Waals surface area contributed by atoms with E-state index in [1.165, 1.54) is 0 Å². The second-order valence-corrected chi connectivity index (χ2v) is 3.20. The Kier molecular flexibility index (Phi) is 2.09. The lowest BCUT2D eigenvalue weighted by molar-refractivity contribution is -0.152. The van der Waals surface area contributed by atoms with Gasteiger partial charge < -0.3 is 9.53 Å². The normalized spacial score (nSPS) is 22.3. The van der Waals surface area contributed by atoms with Gasteiger partial charge in [0.25, 0.3) is 0 Å². The fourth-order valence-corrected chi connectivity index (χ4v) is 1.26. The lowest BCUT2D eigenvalue weighted by atomic mass is 9.81. The van der Waals surface area contributed by atoms with Crippen LogP contribution >= 0.6 is 0 Å². The molecule has 1 fully saturated rings. The molecule has 0 aromatic heterocycles. The minimum absolute atomic E-state index is 0.172. The average molecular weight is 142 g/mol. The Morgan fingerprint density at radius 3 is 2.20 bits per heavy atom. The predicted molar refractivity (Wildman–Crippen MR) is 38.9 cm³/mol. The number of rotatable bonds is 3. The monoisotopic (exact) mass is 142 g/mol. The molecule has 10 heavy (non-hydrogen) atoms. The minimum Gasteiger partial charge on any atom is -0.365 e. The van der Waals surface area contributed by atoms with E-state index in [4.69, 9.17) is 4.74 Å². The zero-order valence-corrected chi connectivity index (χ0v) is 6.59. The molecule has 0 heterocycles. The number of aldehydes is 1. The van der Waals surface area contributed by atoms with E-state index in [1.807, 2.05) is 13.8 Å². The Balaban J connectivity index is 2.40. The SMILES string of the molecule is CC(C)OC1(C=O)CCC1. The first-order chi connectivity index (χ1) is 4.68. The zero-order chi connectivity index (χ0) is 7.61. The Bertz CT molecular complexity index is 125. The molecule has 0 atom stereocenters. The molecule has 2 heteroatoms. The highest BCUT2D eigenvalue weighted by molar-refractivity contribution is 5.64. The average Bonchev–Trinajstić information content (AvgIpc) is 1.78. The molecule has 1 rings (SSSR count). The molecule has 0 spiro atoms. The number of hydrogen-bond acceptors (Lipinski definition) is 2. The smallest absolute Gasteiger partial charge is 0.151 e. The standard InChI is InChI=1S/C8H14O2/c1-7(2)10-8(6-9)4-3-5-8/h6-7H,3-5H2,1-2H3. The fraction of sp³-hybridized carbons (Fsp3) is 0.875. The molecule has 0 amide bonds. The van der Waals surface area contributed by atoms with Gasteiger partial charge in [-0.05, 0) is 33.1 Å². The van der Waals surface area contributed by atoms with Gasteiger partial charge >= 0.3 is 0 Å². The largest absolute Gasteiger partial charge is 0.365 e. The van der Waals surface area contributed by atoms with E-state index in [0.29, 0.717) is 0 Å². The van der Waals surface area contributed by atoms with Crippen LogP contribution < -0.4 is 0 Å². The summed E-state index contributed by atoms with van der Waals surface area (Å²) in [5.74, 6) is 0. The highest BCUT2D eigenvalue weighted by Gasteiger charge is 2.38. The van der Waals surface area contributed by atoms with Crippen molar-refractivity contribution in [3.8, 4) is 0 Å². The number of carbonyl (C=O) groups excluding carboxylic acids is 1. The van der Waals surface area contributed by atoms with Crippen molar-refractivity contribution >= 4 is 6.29 Å². The minimum atomic E-state index is -0.395. The van der Waals surface area contributed by atoms with Gasteiger partial charge in [-0.1, -0.05) is 0 Å². The molecule has 0 aromatic carbocycles. The summed E-state index contributed by atoms with van der Waals surface area (Å²) in [6.45, 7) is 3.92. The summed E-state index contributed by atoms with van der Waals surface area (Å²) >= 11 is 0. The summed E-state index contributed by atoms with van der Waals surface area (Å²) in [5, 5.41) is 0. The molecule has 58 valence electrons. The number of hydrogen-bond donors (Lipinski definition) is 0. The molecular weight excluding hydrogens is 128 g/mol. The summed E-state index contributed by atoms with van der Waals surface area (Å²) in [6.07, 6.45) is 4.08. The van der Waals surface area contributed by atoms with Crippen molar-refractivity contribution < 1.29 is 9.53 Å². The van der Waals surface area contributed by atoms with Crippen LogP contribution in [0.4, 0.5) is 0 Å². The Morgan fingerprint density at radius 2 is 2.10 bits per heavy atom. The molecule has 0 N–H and O–H groups in total. The molecule has 1 aliphatic rings. The third-order valence-corrected chi connectivity index (χ3v) is 1.89. The van der Waals surface area contributed by atoms with Crippen LogP contribution in [0.3, 0.4) is 0 Å². The van der Waals surface area contributed by atoms with Crippen LogP contribution in [0.5, 0.6) is 0 Å². The molecule has 1 saturated carbocycles. The van der Waals surface area contributed by atoms with Crippen LogP contribution in [0.15, 0.2) is 0 Å². The van der Waals surface area contributed by atoms with Gasteiger partial charge in [0.05, 0.1) is 6.10 Å². The maximum atomic E-state index is 10.5. The summed E-state index contributed by atoms with van der Waals surface area (Å²) in [4.78, 5) is 10.5. The molecule has 0 saturated heterocycles. The summed E-state index contributed by atoms with van der Waals surface area (Å²) in [7, 11) is 0. The fourth-order valence-electron chi connectivity index (χ4n) is 1.26. The maximum Gasteiger partial charge on any atom is 0.151 e. The predicted octanol–water partition coefficient (Wildman–Crippen LogP) is 1.53. The summed E-state index contributed by atoms with van der Waals surface area (Å²) < 4.78 is 5.45. The Morgan fingerprint density at radius 1 is 1.50 bits per heavy atom. The first-order valence-electron chi connectivity index (χ1n) is 3.83. The van der Waals surface area contributed by atoms with Crippen LogP contribution in [-0.4, -0.2) is 18.0 Å². The van der Waals surface area contributed by atoms with Crippen molar-refractivity contribution in [3.05, 3.63) is 0 Å². The third kappa shape index (κ3) is 1.37. The van der Waals surface area contributed by atoms with Gasteiger partial charge in [-0.25, -0.2) is 0 Å². The van der Waals surface area contributed by atoms with Gasteiger partial charge in [-0.2, -0.15) is 0 Å². The first kappa shape index (κ1) is 7.73. The topological polar surface area (TPSA) is 26.3 Å². The molecular formula is C8H14O2. The molecule has 2 nitrogen and oxygen atoms in total. The van der Waals surface area contributed by atoms with Crippen molar-refractivity contribution in [2.75, 3.05) is 0 Å². The van der Waals surface area contributed by atoms with E-state index < -0.39 is 5.60 Å². The van der Waals surface area contributed by atoms with Crippen LogP contribution in [0.2, 0.25) is 0 Å². The molecule has 0 unspecified atom stereocenters. The highest BCUT2D eigenvalue weighted by Crippen LogP contribution is 2.34. The van der Waals surface area contributed by atoms with Crippen molar-refractivity contribution in [2.24, 2.45) is 0 Å². The third-order valence-electron chi connectivity index (χ3n) is 1.89. The maximum absolute atomic E-state index is 10.5. The molecule has 0 aliphatic heterocycles.